The molecule has 5 aliphatic rings. The van der Waals surface area contributed by atoms with Crippen molar-refractivity contribution in [1.29, 1.82) is 0 Å². The van der Waals surface area contributed by atoms with Crippen LogP contribution in [0.4, 0.5) is 0 Å². The van der Waals surface area contributed by atoms with Crippen molar-refractivity contribution in [2.24, 2.45) is 27.6 Å². The monoisotopic (exact) mass is 700 g/mol. The highest BCUT2D eigenvalue weighted by Crippen LogP contribution is 2.88. The molecule has 284 valence electrons. The van der Waals surface area contributed by atoms with Crippen LogP contribution < -0.4 is 16.0 Å². The maximum absolute atomic E-state index is 14.9. The molecule has 2 heterocycles. The third-order valence-electron chi connectivity index (χ3n) is 14.2. The van der Waals surface area contributed by atoms with Crippen LogP contribution in [0, 0.1) is 27.6 Å². The average molecular weight is 700 g/mol. The molecule has 6 atom stereocenters. The van der Waals surface area contributed by atoms with Gasteiger partial charge in [-0.15, -0.1) is 0 Å². The number of aliphatic hydroxyl groups excluding tert-OH is 1. The minimum atomic E-state index is -0.881. The third-order valence-corrected chi connectivity index (χ3v) is 14.2. The third kappa shape index (κ3) is 6.97. The molecule has 2 spiro atoms. The largest absolute Gasteiger partial charge is 0.394 e. The smallest absolute Gasteiger partial charge is 0.246 e. The summed E-state index contributed by atoms with van der Waals surface area (Å²) in [4.78, 5) is 61.5. The number of likely N-dealkylation sites (tertiary alicyclic amines) is 2. The first kappa shape index (κ1) is 39.0. The van der Waals surface area contributed by atoms with Gasteiger partial charge < -0.3 is 26.0 Å². The number of nitrogens with zero attached hydrogens (tertiary/aromatic N) is 2. The summed E-state index contributed by atoms with van der Waals surface area (Å²) in [6.07, 6.45) is 13.2. The van der Waals surface area contributed by atoms with Gasteiger partial charge in [0.25, 0.3) is 0 Å². The van der Waals surface area contributed by atoms with E-state index in [1.165, 1.54) is 6.42 Å². The van der Waals surface area contributed by atoms with Crippen molar-refractivity contribution >= 4 is 23.6 Å². The van der Waals surface area contributed by atoms with Gasteiger partial charge in [0.1, 0.15) is 18.1 Å². The molecular formula is C40H69N5O5. The van der Waals surface area contributed by atoms with Crippen molar-refractivity contribution in [2.75, 3.05) is 19.7 Å². The second kappa shape index (κ2) is 15.0. The second-order valence-corrected chi connectivity index (χ2v) is 18.5. The van der Waals surface area contributed by atoms with Crippen molar-refractivity contribution in [2.45, 2.75) is 182 Å². The predicted molar refractivity (Wildman–Crippen MR) is 196 cm³/mol. The summed E-state index contributed by atoms with van der Waals surface area (Å²) >= 11 is 0. The lowest BCUT2D eigenvalue weighted by Crippen LogP contribution is -2.63. The van der Waals surface area contributed by atoms with Crippen LogP contribution in [0.15, 0.2) is 0 Å². The van der Waals surface area contributed by atoms with Gasteiger partial charge in [-0.25, -0.2) is 0 Å². The van der Waals surface area contributed by atoms with E-state index in [9.17, 15) is 24.3 Å². The standard InChI is InChI=1S/C40H69N5O5/c1-9-16-28(24-46)41-34(48)30-23-40(38(7,8)39(40)20-15-21-39)25-45(30)36(50)32(37(4,5)6)43-35(49)31(27-17-11-10-12-18-27)42-33(47)29-19-13-14-22-44(29)26(2)3/h26-32,46H,9-25H2,1-8H3,(H,41,48)(H,42,47)(H,43,49)/t28-,29-,30-,31-,32+,40+/m0/s1. The van der Waals surface area contributed by atoms with Crippen LogP contribution in [-0.2, 0) is 19.2 Å². The molecule has 5 fully saturated rings. The van der Waals surface area contributed by atoms with Gasteiger partial charge in [-0.2, -0.15) is 0 Å². The van der Waals surface area contributed by atoms with Crippen LogP contribution in [0.25, 0.3) is 0 Å². The molecule has 2 saturated heterocycles. The lowest BCUT2D eigenvalue weighted by molar-refractivity contribution is -0.145. The van der Waals surface area contributed by atoms with Crippen LogP contribution in [-0.4, -0.2) is 94.5 Å². The Morgan fingerprint density at radius 2 is 1.48 bits per heavy atom. The Hall–Kier alpha value is -2.20. The van der Waals surface area contributed by atoms with E-state index in [-0.39, 0.29) is 70.5 Å². The zero-order valence-electron chi connectivity index (χ0n) is 32.5. The number of amides is 4. The summed E-state index contributed by atoms with van der Waals surface area (Å²) in [6.45, 7) is 18.0. The van der Waals surface area contributed by atoms with E-state index in [2.05, 4.69) is 48.5 Å². The molecule has 0 unspecified atom stereocenters. The fourth-order valence-corrected chi connectivity index (χ4v) is 10.9. The molecule has 3 saturated carbocycles. The van der Waals surface area contributed by atoms with Crippen molar-refractivity contribution in [3.63, 3.8) is 0 Å². The molecule has 5 rings (SSSR count). The van der Waals surface area contributed by atoms with Crippen molar-refractivity contribution in [1.82, 2.24) is 25.8 Å². The van der Waals surface area contributed by atoms with Gasteiger partial charge in [-0.05, 0) is 93.9 Å². The van der Waals surface area contributed by atoms with Crippen molar-refractivity contribution in [3.05, 3.63) is 0 Å². The van der Waals surface area contributed by atoms with E-state index in [1.54, 1.807) is 4.90 Å². The fourth-order valence-electron chi connectivity index (χ4n) is 10.9. The number of aliphatic hydroxyl groups is 1. The number of hydrogen-bond donors (Lipinski definition) is 4. The molecule has 4 amide bonds. The Balaban J connectivity index is 1.41. The average Bonchev–Trinajstić information content (AvgIpc) is 3.27. The molecule has 4 N–H and O–H groups in total. The molecule has 50 heavy (non-hydrogen) atoms. The number of carbonyl (C=O) groups is 4. The number of nitrogens with one attached hydrogen (secondary N) is 3. The van der Waals surface area contributed by atoms with E-state index in [4.69, 9.17) is 0 Å². The van der Waals surface area contributed by atoms with E-state index >= 15 is 0 Å². The van der Waals surface area contributed by atoms with Crippen molar-refractivity contribution in [3.8, 4) is 0 Å². The van der Waals surface area contributed by atoms with Gasteiger partial charge >= 0.3 is 0 Å². The Labute approximate surface area is 302 Å². The number of rotatable bonds is 12. The van der Waals surface area contributed by atoms with Gasteiger partial charge in [-0.3, -0.25) is 24.1 Å². The second-order valence-electron chi connectivity index (χ2n) is 18.5. The highest BCUT2D eigenvalue weighted by Gasteiger charge is 2.85. The number of hydrogen-bond acceptors (Lipinski definition) is 6. The normalized spacial score (nSPS) is 29.7. The molecule has 10 heteroatoms. The van der Waals surface area contributed by atoms with Gasteiger partial charge in [0.2, 0.25) is 23.6 Å². The highest BCUT2D eigenvalue weighted by atomic mass is 16.3. The van der Waals surface area contributed by atoms with Crippen LogP contribution in [0.3, 0.4) is 0 Å². The molecule has 0 aromatic carbocycles. The maximum atomic E-state index is 14.9. The van der Waals surface area contributed by atoms with E-state index in [0.29, 0.717) is 19.4 Å². The Bertz CT molecular complexity index is 1250. The molecule has 10 nitrogen and oxygen atoms in total. The summed E-state index contributed by atoms with van der Waals surface area (Å²) in [5.41, 5.74) is -0.660. The minimum Gasteiger partial charge on any atom is -0.394 e. The topological polar surface area (TPSA) is 131 Å². The van der Waals surface area contributed by atoms with Crippen LogP contribution in [0.2, 0.25) is 0 Å². The molecule has 0 aromatic heterocycles. The van der Waals surface area contributed by atoms with Crippen LogP contribution >= 0.6 is 0 Å². The summed E-state index contributed by atoms with van der Waals surface area (Å²) < 4.78 is 0. The molecule has 0 bridgehead atoms. The fraction of sp³-hybridized carbons (Fsp3) is 0.900. The van der Waals surface area contributed by atoms with Crippen molar-refractivity contribution < 1.29 is 24.3 Å². The number of fused-ring (bicyclic) bond motifs is 1. The Kier molecular flexibility index (Phi) is 11.7. The van der Waals surface area contributed by atoms with Gasteiger partial charge in [0.15, 0.2) is 0 Å². The lowest BCUT2D eigenvalue weighted by atomic mass is 9.73. The predicted octanol–water partition coefficient (Wildman–Crippen LogP) is 4.92. The van der Waals surface area contributed by atoms with Gasteiger partial charge in [-0.1, -0.05) is 80.1 Å². The van der Waals surface area contributed by atoms with Crippen LogP contribution in [0.5, 0.6) is 0 Å². The minimum absolute atomic E-state index is 0.00539. The Morgan fingerprint density at radius 1 is 0.840 bits per heavy atom. The first-order valence-electron chi connectivity index (χ1n) is 20.1. The highest BCUT2D eigenvalue weighted by molar-refractivity contribution is 5.96. The molecule has 3 aliphatic carbocycles. The van der Waals surface area contributed by atoms with Crippen LogP contribution in [0.1, 0.15) is 145 Å². The van der Waals surface area contributed by atoms with E-state index in [1.807, 2.05) is 27.7 Å². The van der Waals surface area contributed by atoms with E-state index < -0.39 is 23.5 Å². The molecule has 0 aromatic rings. The summed E-state index contributed by atoms with van der Waals surface area (Å²) in [7, 11) is 0. The maximum Gasteiger partial charge on any atom is 0.246 e. The lowest BCUT2D eigenvalue weighted by Gasteiger charge is -2.40. The summed E-state index contributed by atoms with van der Waals surface area (Å²) in [5, 5.41) is 19.5. The summed E-state index contributed by atoms with van der Waals surface area (Å²) in [6, 6.07) is -2.67. The van der Waals surface area contributed by atoms with Gasteiger partial charge in [0.05, 0.1) is 18.7 Å². The quantitative estimate of drug-likeness (QED) is 0.229. The Morgan fingerprint density at radius 3 is 2.02 bits per heavy atom. The zero-order chi connectivity index (χ0) is 36.6. The summed E-state index contributed by atoms with van der Waals surface area (Å²) in [5.74, 6) is -0.830. The zero-order valence-corrected chi connectivity index (χ0v) is 32.5. The number of piperidine rings is 1. The number of carbonyl (C=O) groups excluding carboxylic acids is 4. The van der Waals surface area contributed by atoms with Gasteiger partial charge in [0, 0.05) is 18.0 Å². The first-order valence-corrected chi connectivity index (χ1v) is 20.1. The molecule has 0 radical (unpaired) electrons. The first-order chi connectivity index (χ1) is 23.5. The SMILES string of the molecule is CCC[C@@H](CO)NC(=O)[C@@H]1C[C@@]2(CN1C(=O)[C@@H](NC(=O)[C@@H](NC(=O)[C@@H]1CCCCN1C(C)C)C1CCCCC1)C(C)(C)C)C(C)(C)C21CCC1. The van der Waals surface area contributed by atoms with E-state index in [0.717, 1.165) is 77.2 Å². The molecule has 2 aliphatic heterocycles. The molecular weight excluding hydrogens is 630 g/mol.